The molecule has 0 saturated carbocycles. The lowest BCUT2D eigenvalue weighted by Gasteiger charge is -2.49. The van der Waals surface area contributed by atoms with E-state index in [2.05, 4.69) is 31.3 Å². The highest BCUT2D eigenvalue weighted by molar-refractivity contribution is 5.92. The van der Waals surface area contributed by atoms with Gasteiger partial charge in [-0.2, -0.15) is 28.6 Å². The van der Waals surface area contributed by atoms with E-state index in [-0.39, 0.29) is 12.1 Å². The normalized spacial score (nSPS) is 16.1. The van der Waals surface area contributed by atoms with Gasteiger partial charge in [0, 0.05) is 36.6 Å². The molecule has 1 aliphatic rings. The van der Waals surface area contributed by atoms with Gasteiger partial charge < -0.3 is 10.2 Å². The largest absolute Gasteiger partial charge is 0.408 e. The van der Waals surface area contributed by atoms with E-state index in [4.69, 9.17) is 0 Å². The SMILES string of the molecule is Cc1n[nH]cc1-c1cnn(C2(CC#N)CN(c3cnc(C(=O)NC(C)C(F)(F)F)cn3)C2)c1. The Balaban J connectivity index is 1.45. The summed E-state index contributed by atoms with van der Waals surface area (Å²) < 4.78 is 39.7. The van der Waals surface area contributed by atoms with Gasteiger partial charge in [0.1, 0.15) is 23.1 Å². The molecule has 0 aliphatic carbocycles. The molecule has 13 heteroatoms. The smallest absolute Gasteiger partial charge is 0.350 e. The van der Waals surface area contributed by atoms with E-state index in [1.165, 1.54) is 6.20 Å². The van der Waals surface area contributed by atoms with Gasteiger partial charge in [-0.25, -0.2) is 9.97 Å². The minimum absolute atomic E-state index is 0.217. The summed E-state index contributed by atoms with van der Waals surface area (Å²) in [7, 11) is 0. The fourth-order valence-electron chi connectivity index (χ4n) is 3.64. The highest BCUT2D eigenvalue weighted by atomic mass is 19.4. The highest BCUT2D eigenvalue weighted by Crippen LogP contribution is 2.36. The maximum Gasteiger partial charge on any atom is 0.408 e. The van der Waals surface area contributed by atoms with Crippen LogP contribution in [0.1, 0.15) is 29.5 Å². The quantitative estimate of drug-likeness (QED) is 0.578. The maximum absolute atomic E-state index is 12.6. The molecule has 1 unspecified atom stereocenters. The minimum Gasteiger partial charge on any atom is -0.350 e. The first-order valence-corrected chi connectivity index (χ1v) is 10.0. The molecule has 33 heavy (non-hydrogen) atoms. The molecular formula is C20H20F3N9O. The number of carbonyl (C=O) groups is 1. The molecule has 4 rings (SSSR count). The van der Waals surface area contributed by atoms with Gasteiger partial charge in [-0.3, -0.25) is 14.6 Å². The number of carbonyl (C=O) groups excluding carboxylic acids is 1. The topological polar surface area (TPSA) is 128 Å². The Kier molecular flexibility index (Phi) is 5.52. The number of H-pyrrole nitrogens is 1. The fraction of sp³-hybridized carbons (Fsp3) is 0.400. The van der Waals surface area contributed by atoms with Crippen LogP contribution in [0.4, 0.5) is 19.0 Å². The predicted octanol–water partition coefficient (Wildman–Crippen LogP) is 2.18. The molecule has 0 aromatic carbocycles. The number of alkyl halides is 3. The van der Waals surface area contributed by atoms with Crippen molar-refractivity contribution in [3.63, 3.8) is 0 Å². The molecular weight excluding hydrogens is 439 g/mol. The van der Waals surface area contributed by atoms with Gasteiger partial charge in [0.05, 0.1) is 36.8 Å². The number of nitrogens with one attached hydrogen (secondary N) is 2. The van der Waals surface area contributed by atoms with Crippen LogP contribution >= 0.6 is 0 Å². The Morgan fingerprint density at radius 2 is 2.09 bits per heavy atom. The van der Waals surface area contributed by atoms with Gasteiger partial charge in [-0.1, -0.05) is 0 Å². The minimum atomic E-state index is -4.55. The van der Waals surface area contributed by atoms with Crippen LogP contribution in [0.3, 0.4) is 0 Å². The molecule has 1 aliphatic heterocycles. The summed E-state index contributed by atoms with van der Waals surface area (Å²) in [5.41, 5.74) is 1.85. The first-order valence-electron chi connectivity index (χ1n) is 10.0. The number of aromatic nitrogens is 6. The molecule has 3 aromatic rings. The Bertz CT molecular complexity index is 1190. The van der Waals surface area contributed by atoms with Crippen LogP contribution in [0.5, 0.6) is 0 Å². The van der Waals surface area contributed by atoms with Crippen LogP contribution in [-0.2, 0) is 5.54 Å². The van der Waals surface area contributed by atoms with Gasteiger partial charge in [-0.15, -0.1) is 0 Å². The average molecular weight is 459 g/mol. The zero-order valence-electron chi connectivity index (χ0n) is 17.8. The van der Waals surface area contributed by atoms with E-state index in [1.54, 1.807) is 17.1 Å². The van der Waals surface area contributed by atoms with Crippen molar-refractivity contribution in [1.29, 1.82) is 5.26 Å². The second-order valence-electron chi connectivity index (χ2n) is 7.97. The molecule has 0 radical (unpaired) electrons. The number of hydrogen-bond donors (Lipinski definition) is 2. The summed E-state index contributed by atoms with van der Waals surface area (Å²) in [6.07, 6.45) is 3.50. The molecule has 1 fully saturated rings. The van der Waals surface area contributed by atoms with E-state index < -0.39 is 23.7 Å². The maximum atomic E-state index is 12.6. The molecule has 1 atom stereocenters. The molecule has 2 N–H and O–H groups in total. The van der Waals surface area contributed by atoms with Crippen molar-refractivity contribution in [2.24, 2.45) is 0 Å². The van der Waals surface area contributed by atoms with Crippen LogP contribution in [-0.4, -0.2) is 61.2 Å². The first kappa shape index (κ1) is 22.3. The second kappa shape index (κ2) is 8.19. The summed E-state index contributed by atoms with van der Waals surface area (Å²) in [5, 5.41) is 22.6. The first-order chi connectivity index (χ1) is 15.6. The molecule has 0 spiro atoms. The number of amides is 1. The molecule has 1 saturated heterocycles. The summed E-state index contributed by atoms with van der Waals surface area (Å²) >= 11 is 0. The highest BCUT2D eigenvalue weighted by Gasteiger charge is 2.46. The lowest BCUT2D eigenvalue weighted by molar-refractivity contribution is -0.149. The number of hydrogen-bond acceptors (Lipinski definition) is 7. The Morgan fingerprint density at radius 1 is 1.33 bits per heavy atom. The van der Waals surface area contributed by atoms with Gasteiger partial charge in [0.25, 0.3) is 5.91 Å². The van der Waals surface area contributed by atoms with Crippen molar-refractivity contribution in [3.05, 3.63) is 42.4 Å². The third-order valence-electron chi connectivity index (χ3n) is 5.62. The summed E-state index contributed by atoms with van der Waals surface area (Å²) in [6.45, 7) is 3.59. The van der Waals surface area contributed by atoms with Crippen LogP contribution < -0.4 is 10.2 Å². The van der Waals surface area contributed by atoms with Crippen molar-refractivity contribution in [1.82, 2.24) is 35.3 Å². The van der Waals surface area contributed by atoms with Crippen molar-refractivity contribution in [3.8, 4) is 17.2 Å². The fourth-order valence-corrected chi connectivity index (χ4v) is 3.64. The van der Waals surface area contributed by atoms with Gasteiger partial charge >= 0.3 is 6.18 Å². The van der Waals surface area contributed by atoms with Gasteiger partial charge in [0.15, 0.2) is 0 Å². The number of rotatable bonds is 6. The Morgan fingerprint density at radius 3 is 2.67 bits per heavy atom. The zero-order chi connectivity index (χ0) is 23.8. The zero-order valence-corrected chi connectivity index (χ0v) is 17.8. The van der Waals surface area contributed by atoms with Gasteiger partial charge in [-0.05, 0) is 13.8 Å². The summed E-state index contributed by atoms with van der Waals surface area (Å²) in [5.74, 6) is -0.512. The number of halogens is 3. The van der Waals surface area contributed by atoms with Crippen LogP contribution in [0.2, 0.25) is 0 Å². The molecule has 10 nitrogen and oxygen atoms in total. The number of anilines is 1. The summed E-state index contributed by atoms with van der Waals surface area (Å²) in [6, 6.07) is 0.202. The molecule has 3 aromatic heterocycles. The number of aromatic amines is 1. The number of nitriles is 1. The third-order valence-corrected chi connectivity index (χ3v) is 5.62. The van der Waals surface area contributed by atoms with E-state index in [0.29, 0.717) is 18.9 Å². The van der Waals surface area contributed by atoms with E-state index in [1.807, 2.05) is 23.3 Å². The lowest BCUT2D eigenvalue weighted by atomic mass is 9.87. The Hall–Kier alpha value is -3.95. The molecule has 172 valence electrons. The molecule has 4 heterocycles. The number of aryl methyl sites for hydroxylation is 1. The number of nitrogens with zero attached hydrogens (tertiary/aromatic N) is 7. The van der Waals surface area contributed by atoms with Crippen molar-refractivity contribution in [2.45, 2.75) is 38.0 Å². The average Bonchev–Trinajstić information content (AvgIpc) is 3.39. The van der Waals surface area contributed by atoms with E-state index in [0.717, 1.165) is 29.9 Å². The third kappa shape index (κ3) is 4.23. The van der Waals surface area contributed by atoms with Crippen molar-refractivity contribution < 1.29 is 18.0 Å². The van der Waals surface area contributed by atoms with E-state index >= 15 is 0 Å². The molecule has 1 amide bonds. The van der Waals surface area contributed by atoms with Gasteiger partial charge in [0.2, 0.25) is 0 Å². The standard InChI is InChI=1S/C20H20F3N9O/c1-12-15(6-27-30-12)14-5-28-32(9-14)19(3-4-24)10-31(11-19)17-8-25-16(7-26-17)18(33)29-13(2)20(21,22)23/h5-9,13H,3,10-11H2,1-2H3,(H,27,30)(H,29,33). The van der Waals surface area contributed by atoms with Crippen LogP contribution in [0, 0.1) is 18.3 Å². The predicted molar refractivity (Wildman–Crippen MR) is 110 cm³/mol. The monoisotopic (exact) mass is 459 g/mol. The lowest BCUT2D eigenvalue weighted by Crippen LogP contribution is -2.63. The summed E-state index contributed by atoms with van der Waals surface area (Å²) in [4.78, 5) is 22.0. The van der Waals surface area contributed by atoms with E-state index in [9.17, 15) is 23.2 Å². The van der Waals surface area contributed by atoms with Crippen LogP contribution in [0.25, 0.3) is 11.1 Å². The Labute approximate surface area is 186 Å². The molecule has 0 bridgehead atoms. The second-order valence-corrected chi connectivity index (χ2v) is 7.97. The van der Waals surface area contributed by atoms with Crippen molar-refractivity contribution >= 4 is 11.7 Å². The van der Waals surface area contributed by atoms with Crippen molar-refractivity contribution in [2.75, 3.05) is 18.0 Å². The van der Waals surface area contributed by atoms with Crippen LogP contribution in [0.15, 0.2) is 31.0 Å².